The number of alkyl halides is 1. The van der Waals surface area contributed by atoms with Gasteiger partial charge in [-0.05, 0) is 38.1 Å². The molecule has 0 N–H and O–H groups in total. The topological polar surface area (TPSA) is 20.3 Å². The molecule has 2 atom stereocenters. The zero-order chi connectivity index (χ0) is 17.7. The average molecular weight is 388 g/mol. The lowest BCUT2D eigenvalue weighted by Gasteiger charge is -2.41. The number of nitrogens with zero attached hydrogens (tertiary/aromatic N) is 1. The highest BCUT2D eigenvalue weighted by atomic mass is 79.9. The maximum Gasteiger partial charge on any atom is 0.161 e. The third-order valence-electron chi connectivity index (χ3n) is 4.59. The number of hydrogen-bond acceptors (Lipinski definition) is 2. The molecule has 3 heteroatoms. The zero-order valence-corrected chi connectivity index (χ0v) is 16.5. The molecule has 2 aromatic rings. The molecule has 128 valence electrons. The second-order valence-electron chi connectivity index (χ2n) is 6.68. The van der Waals surface area contributed by atoms with Crippen molar-refractivity contribution in [1.29, 1.82) is 0 Å². The number of ketones is 1. The van der Waals surface area contributed by atoms with Gasteiger partial charge in [0.15, 0.2) is 5.78 Å². The van der Waals surface area contributed by atoms with Crippen molar-refractivity contribution in [2.24, 2.45) is 5.92 Å². The molecule has 0 radical (unpaired) electrons. The molecule has 0 aromatic heterocycles. The van der Waals surface area contributed by atoms with Crippen molar-refractivity contribution in [1.82, 2.24) is 4.90 Å². The smallest absolute Gasteiger partial charge is 0.161 e. The standard InChI is InChI=1S/C21H26BrNO/c1-16(15-23(3)4)21(20(24)17(2)22,18-11-7-5-8-12-18)19-13-9-6-10-14-19/h5-14,16-17H,15H2,1-4H3/t16-,17+/m1/s1. The highest BCUT2D eigenvalue weighted by Crippen LogP contribution is 2.42. The van der Waals surface area contributed by atoms with Crippen LogP contribution in [-0.4, -0.2) is 36.2 Å². The van der Waals surface area contributed by atoms with Crippen LogP contribution < -0.4 is 0 Å². The van der Waals surface area contributed by atoms with E-state index in [4.69, 9.17) is 0 Å². The van der Waals surface area contributed by atoms with E-state index >= 15 is 0 Å². The first-order chi connectivity index (χ1) is 11.4. The van der Waals surface area contributed by atoms with E-state index in [1.54, 1.807) is 0 Å². The monoisotopic (exact) mass is 387 g/mol. The number of Topliss-reactive ketones (excluding diaryl/α,β-unsaturated/α-hetero) is 1. The van der Waals surface area contributed by atoms with Gasteiger partial charge in [0.25, 0.3) is 0 Å². The number of benzene rings is 2. The average Bonchev–Trinajstić information content (AvgIpc) is 2.56. The molecule has 2 nitrogen and oxygen atoms in total. The summed E-state index contributed by atoms with van der Waals surface area (Å²) in [6.07, 6.45) is 0. The fraction of sp³-hybridized carbons (Fsp3) is 0.381. The minimum Gasteiger partial charge on any atom is -0.309 e. The van der Waals surface area contributed by atoms with Gasteiger partial charge in [0, 0.05) is 6.54 Å². The Morgan fingerprint density at radius 1 is 0.958 bits per heavy atom. The van der Waals surface area contributed by atoms with Gasteiger partial charge in [-0.1, -0.05) is 83.5 Å². The normalized spacial score (nSPS) is 14.4. The van der Waals surface area contributed by atoms with Crippen molar-refractivity contribution in [3.63, 3.8) is 0 Å². The Hall–Kier alpha value is -1.45. The van der Waals surface area contributed by atoms with Crippen LogP contribution in [0.4, 0.5) is 0 Å². The fourth-order valence-corrected chi connectivity index (χ4v) is 4.02. The summed E-state index contributed by atoms with van der Waals surface area (Å²) in [5.41, 5.74) is 1.44. The Labute approximate surface area is 154 Å². The van der Waals surface area contributed by atoms with Gasteiger partial charge in [-0.15, -0.1) is 0 Å². The molecule has 0 aliphatic carbocycles. The van der Waals surface area contributed by atoms with Gasteiger partial charge in [-0.25, -0.2) is 0 Å². The molecule has 0 saturated heterocycles. The summed E-state index contributed by atoms with van der Waals surface area (Å²) in [5, 5.41) is 0. The molecule has 0 saturated carbocycles. The van der Waals surface area contributed by atoms with Crippen molar-refractivity contribution in [3.05, 3.63) is 71.8 Å². The molecule has 2 rings (SSSR count). The summed E-state index contributed by atoms with van der Waals surface area (Å²) >= 11 is 3.54. The van der Waals surface area contributed by atoms with E-state index in [1.807, 2.05) is 43.3 Å². The lowest BCUT2D eigenvalue weighted by atomic mass is 9.63. The fourth-order valence-electron chi connectivity index (χ4n) is 3.66. The predicted molar refractivity (Wildman–Crippen MR) is 105 cm³/mol. The minimum atomic E-state index is -0.671. The van der Waals surface area contributed by atoms with Crippen LogP contribution in [0, 0.1) is 5.92 Å². The van der Waals surface area contributed by atoms with Gasteiger partial charge in [0.05, 0.1) is 10.2 Å². The first-order valence-corrected chi connectivity index (χ1v) is 9.26. The highest BCUT2D eigenvalue weighted by molar-refractivity contribution is 9.10. The zero-order valence-electron chi connectivity index (χ0n) is 14.9. The van der Waals surface area contributed by atoms with E-state index in [9.17, 15) is 4.79 Å². The second kappa shape index (κ2) is 8.09. The van der Waals surface area contributed by atoms with Crippen molar-refractivity contribution >= 4 is 21.7 Å². The lowest BCUT2D eigenvalue weighted by Crippen LogP contribution is -2.49. The van der Waals surface area contributed by atoms with E-state index in [1.165, 1.54) is 0 Å². The summed E-state index contributed by atoms with van der Waals surface area (Å²) in [6.45, 7) is 4.92. The lowest BCUT2D eigenvalue weighted by molar-refractivity contribution is -0.124. The minimum absolute atomic E-state index is 0.129. The van der Waals surface area contributed by atoms with Crippen LogP contribution >= 0.6 is 15.9 Å². The molecule has 24 heavy (non-hydrogen) atoms. The predicted octanol–water partition coefficient (Wildman–Crippen LogP) is 4.52. The molecule has 0 aliphatic heterocycles. The molecular formula is C21H26BrNO. The van der Waals surface area contributed by atoms with E-state index in [2.05, 4.69) is 66.1 Å². The second-order valence-corrected chi connectivity index (χ2v) is 8.06. The summed E-state index contributed by atoms with van der Waals surface area (Å²) in [6, 6.07) is 20.4. The van der Waals surface area contributed by atoms with Crippen molar-refractivity contribution < 1.29 is 4.79 Å². The van der Waals surface area contributed by atoms with Crippen LogP contribution in [0.2, 0.25) is 0 Å². The van der Waals surface area contributed by atoms with Gasteiger partial charge < -0.3 is 4.90 Å². The van der Waals surface area contributed by atoms with Crippen molar-refractivity contribution in [2.75, 3.05) is 20.6 Å². The van der Waals surface area contributed by atoms with Crippen LogP contribution in [0.1, 0.15) is 25.0 Å². The van der Waals surface area contributed by atoms with Crippen LogP contribution in [0.25, 0.3) is 0 Å². The molecule has 0 heterocycles. The van der Waals surface area contributed by atoms with Gasteiger partial charge in [-0.3, -0.25) is 4.79 Å². The molecule has 0 spiro atoms. The van der Waals surface area contributed by atoms with Crippen molar-refractivity contribution in [2.45, 2.75) is 24.1 Å². The van der Waals surface area contributed by atoms with Gasteiger partial charge in [0.2, 0.25) is 0 Å². The quantitative estimate of drug-likeness (QED) is 0.650. The summed E-state index contributed by atoms with van der Waals surface area (Å²) in [5.74, 6) is 0.332. The third kappa shape index (κ3) is 3.62. The molecule has 0 unspecified atom stereocenters. The van der Waals surface area contributed by atoms with Crippen LogP contribution in [0.5, 0.6) is 0 Å². The first-order valence-electron chi connectivity index (χ1n) is 8.34. The van der Waals surface area contributed by atoms with Crippen LogP contribution in [-0.2, 0) is 10.2 Å². The van der Waals surface area contributed by atoms with E-state index in [-0.39, 0.29) is 16.5 Å². The first kappa shape index (κ1) is 18.9. The largest absolute Gasteiger partial charge is 0.309 e. The maximum absolute atomic E-state index is 13.5. The Morgan fingerprint density at radius 3 is 1.71 bits per heavy atom. The molecule has 0 amide bonds. The molecule has 2 aromatic carbocycles. The Balaban J connectivity index is 2.75. The molecule has 0 bridgehead atoms. The van der Waals surface area contributed by atoms with Gasteiger partial charge in [0.1, 0.15) is 0 Å². The Bertz CT molecular complexity index is 613. The summed E-state index contributed by atoms with van der Waals surface area (Å²) in [7, 11) is 4.11. The summed E-state index contributed by atoms with van der Waals surface area (Å²) in [4.78, 5) is 15.5. The van der Waals surface area contributed by atoms with Crippen molar-refractivity contribution in [3.8, 4) is 0 Å². The molecule has 0 aliphatic rings. The Morgan fingerprint density at radius 2 is 1.38 bits per heavy atom. The third-order valence-corrected chi connectivity index (χ3v) is 5.00. The van der Waals surface area contributed by atoms with Gasteiger partial charge in [-0.2, -0.15) is 0 Å². The summed E-state index contributed by atoms with van der Waals surface area (Å²) < 4.78 is 0. The van der Waals surface area contributed by atoms with Gasteiger partial charge >= 0.3 is 0 Å². The van der Waals surface area contributed by atoms with Crippen LogP contribution in [0.15, 0.2) is 60.7 Å². The van der Waals surface area contributed by atoms with E-state index in [0.717, 1.165) is 17.7 Å². The van der Waals surface area contributed by atoms with E-state index < -0.39 is 5.41 Å². The number of rotatable bonds is 7. The maximum atomic E-state index is 13.5. The van der Waals surface area contributed by atoms with Crippen LogP contribution in [0.3, 0.4) is 0 Å². The highest BCUT2D eigenvalue weighted by Gasteiger charge is 2.47. The number of carbonyl (C=O) groups is 1. The SMILES string of the molecule is C[C@H](Br)C(=O)C(c1ccccc1)(c1ccccc1)[C@H](C)CN(C)C. The Kier molecular flexibility index (Phi) is 6.36. The van der Waals surface area contributed by atoms with E-state index in [0.29, 0.717) is 0 Å². The number of halogens is 1. The number of hydrogen-bond donors (Lipinski definition) is 0. The molecule has 0 fully saturated rings. The molecular weight excluding hydrogens is 362 g/mol. The number of carbonyl (C=O) groups excluding carboxylic acids is 1.